The molecule has 0 aliphatic rings. The van der Waals surface area contributed by atoms with Crippen molar-refractivity contribution in [2.24, 2.45) is 0 Å². The molecule has 0 bridgehead atoms. The largest absolute Gasteiger partial charge is 0.493 e. The van der Waals surface area contributed by atoms with E-state index in [2.05, 4.69) is 10.2 Å². The van der Waals surface area contributed by atoms with Crippen molar-refractivity contribution in [3.8, 4) is 22.9 Å². The summed E-state index contributed by atoms with van der Waals surface area (Å²) in [6.07, 6.45) is 0.769. The smallest absolute Gasteiger partial charge is 0.195 e. The van der Waals surface area contributed by atoms with Gasteiger partial charge >= 0.3 is 0 Å². The minimum absolute atomic E-state index is 0.565. The molecule has 2 aromatic carbocycles. The molecule has 1 N–H and O–H groups in total. The summed E-state index contributed by atoms with van der Waals surface area (Å²) in [5.74, 6) is 2.15. The molecule has 0 fully saturated rings. The predicted octanol–water partition coefficient (Wildman–Crippen LogP) is 4.52. The fourth-order valence-electron chi connectivity index (χ4n) is 2.65. The highest BCUT2D eigenvalue weighted by molar-refractivity contribution is 7.71. The van der Waals surface area contributed by atoms with Crippen molar-refractivity contribution in [3.63, 3.8) is 0 Å². The zero-order chi connectivity index (χ0) is 17.8. The molecule has 3 aromatic rings. The van der Waals surface area contributed by atoms with Gasteiger partial charge in [0.15, 0.2) is 22.1 Å². The highest BCUT2D eigenvalue weighted by Gasteiger charge is 2.12. The molecule has 5 nitrogen and oxygen atoms in total. The van der Waals surface area contributed by atoms with Crippen molar-refractivity contribution in [1.82, 2.24) is 14.8 Å². The van der Waals surface area contributed by atoms with Crippen LogP contribution in [0.1, 0.15) is 5.56 Å². The first kappa shape index (κ1) is 17.5. The van der Waals surface area contributed by atoms with Crippen LogP contribution < -0.4 is 9.47 Å². The summed E-state index contributed by atoms with van der Waals surface area (Å²) in [7, 11) is 3.25. The maximum Gasteiger partial charge on any atom is 0.195 e. The van der Waals surface area contributed by atoms with Crippen molar-refractivity contribution < 1.29 is 9.47 Å². The van der Waals surface area contributed by atoms with Gasteiger partial charge in [-0.3, -0.25) is 9.67 Å². The van der Waals surface area contributed by atoms with Gasteiger partial charge in [0.2, 0.25) is 0 Å². The molecule has 130 valence electrons. The monoisotopic (exact) mass is 375 g/mol. The molecule has 0 aliphatic heterocycles. The Labute approximate surface area is 156 Å². The quantitative estimate of drug-likeness (QED) is 0.643. The molecule has 0 unspecified atom stereocenters. The van der Waals surface area contributed by atoms with Gasteiger partial charge in [-0.2, -0.15) is 5.10 Å². The normalized spacial score (nSPS) is 10.7. The number of hydrogen-bond donors (Lipinski definition) is 1. The topological polar surface area (TPSA) is 52.1 Å². The molecule has 0 radical (unpaired) electrons. The van der Waals surface area contributed by atoms with Crippen molar-refractivity contribution in [1.29, 1.82) is 0 Å². The number of ether oxygens (including phenoxy) is 2. The number of halogens is 1. The molecule has 3 rings (SSSR count). The second-order valence-corrected chi connectivity index (χ2v) is 6.22. The highest BCUT2D eigenvalue weighted by atomic mass is 35.5. The van der Waals surface area contributed by atoms with Crippen LogP contribution in [0.25, 0.3) is 11.4 Å². The van der Waals surface area contributed by atoms with Gasteiger partial charge in [-0.15, -0.1) is 0 Å². The summed E-state index contributed by atoms with van der Waals surface area (Å²) in [6, 6.07) is 13.5. The van der Waals surface area contributed by atoms with Gasteiger partial charge in [-0.05, 0) is 48.5 Å². The van der Waals surface area contributed by atoms with E-state index >= 15 is 0 Å². The van der Waals surface area contributed by atoms with Crippen LogP contribution in [0.15, 0.2) is 42.5 Å². The van der Waals surface area contributed by atoms with Gasteiger partial charge in [0, 0.05) is 12.1 Å². The van der Waals surface area contributed by atoms with Gasteiger partial charge < -0.3 is 9.47 Å². The molecule has 1 aromatic heterocycles. The number of hydrogen-bond acceptors (Lipinski definition) is 4. The van der Waals surface area contributed by atoms with Crippen LogP contribution >= 0.6 is 23.8 Å². The van der Waals surface area contributed by atoms with Crippen LogP contribution in [0.3, 0.4) is 0 Å². The van der Waals surface area contributed by atoms with Gasteiger partial charge in [0.05, 0.1) is 19.2 Å². The third kappa shape index (κ3) is 3.70. The Balaban J connectivity index is 1.87. The van der Waals surface area contributed by atoms with Crippen molar-refractivity contribution in [2.75, 3.05) is 14.2 Å². The van der Waals surface area contributed by atoms with Crippen molar-refractivity contribution in [2.45, 2.75) is 13.0 Å². The number of aromatic nitrogens is 3. The lowest BCUT2D eigenvalue weighted by atomic mass is 10.1. The summed E-state index contributed by atoms with van der Waals surface area (Å²) in [5, 5.41) is 7.83. The maximum atomic E-state index is 6.30. The average Bonchev–Trinajstić information content (AvgIpc) is 3.00. The molecule has 0 atom stereocenters. The number of methoxy groups -OCH3 is 2. The third-order valence-corrected chi connectivity index (χ3v) is 4.59. The Bertz CT molecular complexity index is 936. The SMILES string of the molecule is COc1ccc(CCn2c(-c3ccccc3Cl)n[nH]c2=S)cc1OC. The predicted molar refractivity (Wildman–Crippen MR) is 101 cm³/mol. The Morgan fingerprint density at radius 2 is 1.88 bits per heavy atom. The summed E-state index contributed by atoms with van der Waals surface area (Å²) < 4.78 is 13.1. The highest BCUT2D eigenvalue weighted by Crippen LogP contribution is 2.29. The zero-order valence-electron chi connectivity index (χ0n) is 14.0. The number of H-pyrrole nitrogens is 1. The zero-order valence-corrected chi connectivity index (χ0v) is 15.5. The molecule has 0 saturated heterocycles. The summed E-state index contributed by atoms with van der Waals surface area (Å²) in [4.78, 5) is 0. The first-order chi connectivity index (χ1) is 12.1. The Kier molecular flexibility index (Phi) is 5.40. The van der Waals surface area contributed by atoms with Crippen LogP contribution in [0.5, 0.6) is 11.5 Å². The molecule has 0 aliphatic carbocycles. The molecule has 7 heteroatoms. The summed E-state index contributed by atoms with van der Waals surface area (Å²) in [5.41, 5.74) is 1.97. The van der Waals surface area contributed by atoms with E-state index in [1.54, 1.807) is 14.2 Å². The van der Waals surface area contributed by atoms with Crippen molar-refractivity contribution in [3.05, 3.63) is 57.8 Å². The molecule has 1 heterocycles. The Hall–Kier alpha value is -2.31. The van der Waals surface area contributed by atoms with E-state index in [0.717, 1.165) is 23.4 Å². The average molecular weight is 376 g/mol. The minimum Gasteiger partial charge on any atom is -0.493 e. The summed E-state index contributed by atoms with van der Waals surface area (Å²) in [6.45, 7) is 0.672. The van der Waals surface area contributed by atoms with Gasteiger partial charge in [-0.1, -0.05) is 29.8 Å². The van der Waals surface area contributed by atoms with E-state index in [0.29, 0.717) is 27.8 Å². The van der Waals surface area contributed by atoms with Gasteiger partial charge in [-0.25, -0.2) is 0 Å². The fourth-order valence-corrected chi connectivity index (χ4v) is 3.09. The second kappa shape index (κ2) is 7.72. The van der Waals surface area contributed by atoms with E-state index in [4.69, 9.17) is 33.3 Å². The van der Waals surface area contributed by atoms with Crippen molar-refractivity contribution >= 4 is 23.8 Å². The number of nitrogens with zero attached hydrogens (tertiary/aromatic N) is 2. The first-order valence-electron chi connectivity index (χ1n) is 7.75. The van der Waals surface area contributed by atoms with E-state index in [1.165, 1.54) is 0 Å². The van der Waals surface area contributed by atoms with Crippen LogP contribution in [0.2, 0.25) is 5.02 Å². The first-order valence-corrected chi connectivity index (χ1v) is 8.53. The van der Waals surface area contributed by atoms with E-state index in [9.17, 15) is 0 Å². The van der Waals surface area contributed by atoms with E-state index in [1.807, 2.05) is 47.0 Å². The number of nitrogens with one attached hydrogen (secondary N) is 1. The number of benzene rings is 2. The van der Waals surface area contributed by atoms with E-state index in [-0.39, 0.29) is 0 Å². The number of aryl methyl sites for hydroxylation is 1. The molecular weight excluding hydrogens is 358 g/mol. The number of aromatic amines is 1. The van der Waals surface area contributed by atoms with Gasteiger partial charge in [0.1, 0.15) is 0 Å². The summed E-state index contributed by atoms with van der Waals surface area (Å²) >= 11 is 11.7. The molecule has 25 heavy (non-hydrogen) atoms. The Morgan fingerprint density at radius 1 is 1.12 bits per heavy atom. The van der Waals surface area contributed by atoms with Crippen LogP contribution in [-0.2, 0) is 13.0 Å². The molecule has 0 saturated carbocycles. The minimum atomic E-state index is 0.565. The van der Waals surface area contributed by atoms with Gasteiger partial charge in [0.25, 0.3) is 0 Å². The standard InChI is InChI=1S/C18H18ClN3O2S/c1-23-15-8-7-12(11-16(15)24-2)9-10-22-17(20-21-18(22)25)13-5-3-4-6-14(13)19/h3-8,11H,9-10H2,1-2H3,(H,21,25). The second-order valence-electron chi connectivity index (χ2n) is 5.42. The lowest BCUT2D eigenvalue weighted by molar-refractivity contribution is 0.354. The van der Waals surface area contributed by atoms with Crippen LogP contribution in [0, 0.1) is 4.77 Å². The fraction of sp³-hybridized carbons (Fsp3) is 0.222. The van der Waals surface area contributed by atoms with Crippen LogP contribution in [0.4, 0.5) is 0 Å². The third-order valence-electron chi connectivity index (χ3n) is 3.95. The molecule has 0 spiro atoms. The van der Waals surface area contributed by atoms with E-state index < -0.39 is 0 Å². The molecule has 0 amide bonds. The lowest BCUT2D eigenvalue weighted by Gasteiger charge is -2.11. The lowest BCUT2D eigenvalue weighted by Crippen LogP contribution is -2.04. The number of rotatable bonds is 6. The maximum absolute atomic E-state index is 6.30. The van der Waals surface area contributed by atoms with Crippen LogP contribution in [-0.4, -0.2) is 29.0 Å². The Morgan fingerprint density at radius 3 is 2.60 bits per heavy atom. The molecular formula is C18H18ClN3O2S.